The van der Waals surface area contributed by atoms with Crippen molar-refractivity contribution < 1.29 is 0 Å². The first-order chi connectivity index (χ1) is 7.70. The Kier molecular flexibility index (Phi) is 3.16. The summed E-state index contributed by atoms with van der Waals surface area (Å²) in [5.41, 5.74) is -0.108. The Labute approximate surface area is 101 Å². The van der Waals surface area contributed by atoms with Gasteiger partial charge in [0, 0.05) is 11.9 Å². The number of H-pyrrole nitrogens is 1. The van der Waals surface area contributed by atoms with Gasteiger partial charge in [-0.3, -0.25) is 4.79 Å². The van der Waals surface area contributed by atoms with Gasteiger partial charge in [0.2, 0.25) is 0 Å². The lowest BCUT2D eigenvalue weighted by atomic mass is 10.3. The van der Waals surface area contributed by atoms with Gasteiger partial charge in [0.1, 0.15) is 4.83 Å². The predicted octanol–water partition coefficient (Wildman–Crippen LogP) is 0.578. The summed E-state index contributed by atoms with van der Waals surface area (Å²) < 4.78 is 0. The van der Waals surface area contributed by atoms with Gasteiger partial charge in [-0.1, -0.05) is 0 Å². The molecule has 0 aromatic carbocycles. The van der Waals surface area contributed by atoms with Crippen molar-refractivity contribution in [2.24, 2.45) is 0 Å². The third-order valence-electron chi connectivity index (χ3n) is 2.04. The molecule has 0 unspecified atom stereocenters. The quantitative estimate of drug-likeness (QED) is 0.684. The number of hydrogen-bond acceptors (Lipinski definition) is 4. The molecule has 0 aliphatic rings. The maximum Gasteiger partial charge on any atom is 0.259 e. The van der Waals surface area contributed by atoms with Crippen LogP contribution in [-0.4, -0.2) is 22.1 Å². The van der Waals surface area contributed by atoms with Crippen LogP contribution < -0.4 is 16.2 Å². The summed E-state index contributed by atoms with van der Waals surface area (Å²) in [6.07, 6.45) is 1.41. The Morgan fingerprint density at radius 1 is 1.69 bits per heavy atom. The zero-order chi connectivity index (χ0) is 11.5. The van der Waals surface area contributed by atoms with Crippen LogP contribution in [0.15, 0.2) is 17.2 Å². The molecule has 0 spiro atoms. The minimum atomic E-state index is -0.108. The fourth-order valence-electron chi connectivity index (χ4n) is 1.26. The lowest BCUT2D eigenvalue weighted by Gasteiger charge is -2.03. The normalized spacial score (nSPS) is 10.3. The standard InChI is InChI=1S/C9H10N4OS2/c1-10-9(15)11-3-5-2-6-7(14)12-4-13-8(6)16-5/h2,4H,3H2,1H3,(H2,10,11,15)(H,12,13,14). The van der Waals surface area contributed by atoms with Crippen molar-refractivity contribution in [1.82, 2.24) is 20.6 Å². The highest BCUT2D eigenvalue weighted by atomic mass is 32.1. The molecule has 2 aromatic rings. The van der Waals surface area contributed by atoms with Crippen LogP contribution in [0.2, 0.25) is 0 Å². The van der Waals surface area contributed by atoms with Crippen molar-refractivity contribution in [3.05, 3.63) is 27.6 Å². The largest absolute Gasteiger partial charge is 0.366 e. The first kappa shape index (κ1) is 11.0. The van der Waals surface area contributed by atoms with Gasteiger partial charge in [-0.15, -0.1) is 11.3 Å². The minimum absolute atomic E-state index is 0.108. The van der Waals surface area contributed by atoms with E-state index in [0.717, 1.165) is 9.71 Å². The number of aromatic nitrogens is 2. The molecule has 0 saturated heterocycles. The summed E-state index contributed by atoms with van der Waals surface area (Å²) in [4.78, 5) is 19.9. The number of rotatable bonds is 2. The molecule has 2 aromatic heterocycles. The van der Waals surface area contributed by atoms with Gasteiger partial charge in [0.25, 0.3) is 5.56 Å². The van der Waals surface area contributed by atoms with Crippen molar-refractivity contribution in [2.45, 2.75) is 6.54 Å². The molecule has 7 heteroatoms. The second-order valence-corrected chi connectivity index (χ2v) is 4.62. The summed E-state index contributed by atoms with van der Waals surface area (Å²) in [5, 5.41) is 7.05. The van der Waals surface area contributed by atoms with Crippen LogP contribution >= 0.6 is 23.6 Å². The highest BCUT2D eigenvalue weighted by Crippen LogP contribution is 2.19. The van der Waals surface area contributed by atoms with E-state index in [9.17, 15) is 4.79 Å². The SMILES string of the molecule is CNC(=S)NCc1cc2c(=O)[nH]cnc2s1. The number of nitrogens with one attached hydrogen (secondary N) is 3. The first-order valence-electron chi connectivity index (χ1n) is 4.62. The van der Waals surface area contributed by atoms with E-state index in [4.69, 9.17) is 12.2 Å². The fraction of sp³-hybridized carbons (Fsp3) is 0.222. The third-order valence-corrected chi connectivity index (χ3v) is 3.43. The molecule has 3 N–H and O–H groups in total. The minimum Gasteiger partial charge on any atom is -0.366 e. The van der Waals surface area contributed by atoms with Gasteiger partial charge in [-0.25, -0.2) is 4.98 Å². The van der Waals surface area contributed by atoms with Gasteiger partial charge in [0.05, 0.1) is 18.3 Å². The Hall–Kier alpha value is -1.47. The average Bonchev–Trinajstić information content (AvgIpc) is 2.70. The number of thiocarbonyl (C=S) groups is 1. The van der Waals surface area contributed by atoms with Crippen molar-refractivity contribution in [2.75, 3.05) is 7.05 Å². The fourth-order valence-corrected chi connectivity index (χ4v) is 2.27. The first-order valence-corrected chi connectivity index (χ1v) is 5.85. The molecule has 0 amide bonds. The molecule has 16 heavy (non-hydrogen) atoms. The molecule has 5 nitrogen and oxygen atoms in total. The Balaban J connectivity index is 2.23. The lowest BCUT2D eigenvalue weighted by Crippen LogP contribution is -2.31. The van der Waals surface area contributed by atoms with E-state index in [1.54, 1.807) is 7.05 Å². The molecule has 0 bridgehead atoms. The Bertz CT molecular complexity index is 574. The number of hydrogen-bond donors (Lipinski definition) is 3. The van der Waals surface area contributed by atoms with Gasteiger partial charge in [-0.2, -0.15) is 0 Å². The van der Waals surface area contributed by atoms with Crippen LogP contribution in [-0.2, 0) is 6.54 Å². The van der Waals surface area contributed by atoms with Crippen LogP contribution in [0, 0.1) is 0 Å². The maximum absolute atomic E-state index is 11.4. The highest BCUT2D eigenvalue weighted by Gasteiger charge is 2.05. The topological polar surface area (TPSA) is 69.8 Å². The summed E-state index contributed by atoms with van der Waals surface area (Å²) in [7, 11) is 1.76. The number of fused-ring (bicyclic) bond motifs is 1. The van der Waals surface area contributed by atoms with Crippen LogP contribution in [0.25, 0.3) is 10.2 Å². The van der Waals surface area contributed by atoms with Crippen molar-refractivity contribution in [3.8, 4) is 0 Å². The van der Waals surface area contributed by atoms with Crippen LogP contribution in [0.4, 0.5) is 0 Å². The molecule has 2 heterocycles. The zero-order valence-corrected chi connectivity index (χ0v) is 10.2. The molecular formula is C9H10N4OS2. The van der Waals surface area contributed by atoms with Crippen LogP contribution in [0.3, 0.4) is 0 Å². The molecule has 0 atom stereocenters. The zero-order valence-electron chi connectivity index (χ0n) is 8.53. The van der Waals surface area contributed by atoms with E-state index in [2.05, 4.69) is 20.6 Å². The maximum atomic E-state index is 11.4. The molecule has 84 valence electrons. The predicted molar refractivity (Wildman–Crippen MR) is 68.7 cm³/mol. The third kappa shape index (κ3) is 2.20. The number of aromatic amines is 1. The molecule has 0 fully saturated rings. The second-order valence-electron chi connectivity index (χ2n) is 3.10. The lowest BCUT2D eigenvalue weighted by molar-refractivity contribution is 0.907. The van der Waals surface area contributed by atoms with Gasteiger partial charge >= 0.3 is 0 Å². The van der Waals surface area contributed by atoms with Crippen molar-refractivity contribution >= 4 is 38.9 Å². The Morgan fingerprint density at radius 3 is 3.19 bits per heavy atom. The van der Waals surface area contributed by atoms with E-state index in [1.807, 2.05) is 6.07 Å². The van der Waals surface area contributed by atoms with E-state index in [1.165, 1.54) is 17.7 Å². The molecule has 2 rings (SSSR count). The van der Waals surface area contributed by atoms with E-state index >= 15 is 0 Å². The smallest absolute Gasteiger partial charge is 0.259 e. The monoisotopic (exact) mass is 254 g/mol. The van der Waals surface area contributed by atoms with Crippen LogP contribution in [0.5, 0.6) is 0 Å². The van der Waals surface area contributed by atoms with Gasteiger partial charge < -0.3 is 15.6 Å². The number of nitrogens with zero attached hydrogens (tertiary/aromatic N) is 1. The number of thiophene rings is 1. The highest BCUT2D eigenvalue weighted by molar-refractivity contribution is 7.80. The summed E-state index contributed by atoms with van der Waals surface area (Å²) >= 11 is 6.44. The molecule has 0 aliphatic heterocycles. The van der Waals surface area contributed by atoms with Gasteiger partial charge in [-0.05, 0) is 18.3 Å². The van der Waals surface area contributed by atoms with E-state index < -0.39 is 0 Å². The van der Waals surface area contributed by atoms with E-state index in [-0.39, 0.29) is 5.56 Å². The van der Waals surface area contributed by atoms with Crippen molar-refractivity contribution in [3.63, 3.8) is 0 Å². The van der Waals surface area contributed by atoms with Crippen molar-refractivity contribution in [1.29, 1.82) is 0 Å². The average molecular weight is 254 g/mol. The summed E-state index contributed by atoms with van der Waals surface area (Å²) in [5.74, 6) is 0. The van der Waals surface area contributed by atoms with Gasteiger partial charge in [0.15, 0.2) is 5.11 Å². The molecule has 0 radical (unpaired) electrons. The second kappa shape index (κ2) is 4.58. The summed E-state index contributed by atoms with van der Waals surface area (Å²) in [6, 6.07) is 1.83. The van der Waals surface area contributed by atoms with Crippen LogP contribution in [0.1, 0.15) is 4.88 Å². The Morgan fingerprint density at radius 2 is 2.50 bits per heavy atom. The summed E-state index contributed by atoms with van der Waals surface area (Å²) in [6.45, 7) is 0.597. The molecular weight excluding hydrogens is 244 g/mol. The van der Waals surface area contributed by atoms with E-state index in [0.29, 0.717) is 17.0 Å². The molecule has 0 aliphatic carbocycles. The molecule has 0 saturated carbocycles.